The molecule has 0 unspecified atom stereocenters. The second kappa shape index (κ2) is 10.2. The summed E-state index contributed by atoms with van der Waals surface area (Å²) in [6, 6.07) is 16.6. The molecule has 0 radical (unpaired) electrons. The summed E-state index contributed by atoms with van der Waals surface area (Å²) in [4.78, 5) is 39.4. The zero-order valence-electron chi connectivity index (χ0n) is 18.1. The van der Waals surface area contributed by atoms with Gasteiger partial charge in [0.15, 0.2) is 0 Å². The van der Waals surface area contributed by atoms with Crippen molar-refractivity contribution in [2.24, 2.45) is 5.41 Å². The van der Waals surface area contributed by atoms with Gasteiger partial charge in [-0.2, -0.15) is 0 Å². The summed E-state index contributed by atoms with van der Waals surface area (Å²) in [5.74, 6) is -0.799. The maximum atomic E-state index is 13.0. The summed E-state index contributed by atoms with van der Waals surface area (Å²) in [5, 5.41) is 0. The largest absolute Gasteiger partial charge is 0.466 e. The summed E-state index contributed by atoms with van der Waals surface area (Å²) >= 11 is 0. The van der Waals surface area contributed by atoms with E-state index in [2.05, 4.69) is 12.1 Å². The number of nitrogens with zero attached hydrogens (tertiary/aromatic N) is 1. The van der Waals surface area contributed by atoms with E-state index < -0.39 is 11.4 Å². The van der Waals surface area contributed by atoms with Crippen molar-refractivity contribution < 1.29 is 23.9 Å². The molecule has 6 nitrogen and oxygen atoms in total. The number of piperidine rings is 1. The van der Waals surface area contributed by atoms with E-state index in [1.807, 2.05) is 25.1 Å². The van der Waals surface area contributed by atoms with E-state index in [1.54, 1.807) is 29.2 Å². The minimum Gasteiger partial charge on any atom is -0.466 e. The Bertz CT molecular complexity index is 917. The maximum absolute atomic E-state index is 13.0. The van der Waals surface area contributed by atoms with E-state index in [1.165, 1.54) is 12.7 Å². The van der Waals surface area contributed by atoms with Crippen LogP contribution in [-0.2, 0) is 20.7 Å². The van der Waals surface area contributed by atoms with Crippen LogP contribution < -0.4 is 0 Å². The van der Waals surface area contributed by atoms with Gasteiger partial charge >= 0.3 is 11.9 Å². The number of esters is 2. The highest BCUT2D eigenvalue weighted by Gasteiger charge is 2.43. The number of hydrogen-bond acceptors (Lipinski definition) is 5. The summed E-state index contributed by atoms with van der Waals surface area (Å²) in [7, 11) is 1.31. The Morgan fingerprint density at radius 1 is 0.968 bits per heavy atom. The van der Waals surface area contributed by atoms with Gasteiger partial charge in [-0.3, -0.25) is 9.59 Å². The molecule has 3 rings (SSSR count). The van der Waals surface area contributed by atoms with Crippen LogP contribution in [0.2, 0.25) is 0 Å². The molecule has 1 amide bonds. The lowest BCUT2D eigenvalue weighted by Gasteiger charge is -2.40. The number of carbonyl (C=O) groups excluding carboxylic acids is 3. The highest BCUT2D eigenvalue weighted by atomic mass is 16.5. The van der Waals surface area contributed by atoms with Crippen LogP contribution >= 0.6 is 0 Å². The smallest absolute Gasteiger partial charge is 0.337 e. The van der Waals surface area contributed by atoms with Gasteiger partial charge in [0.05, 0.1) is 24.7 Å². The van der Waals surface area contributed by atoms with Gasteiger partial charge in [0.1, 0.15) is 0 Å². The molecule has 0 aromatic heterocycles. The van der Waals surface area contributed by atoms with Crippen molar-refractivity contribution in [3.63, 3.8) is 0 Å². The molecule has 0 N–H and O–H groups in total. The van der Waals surface area contributed by atoms with Crippen molar-refractivity contribution in [3.05, 3.63) is 71.3 Å². The number of rotatable bonds is 7. The first-order valence-corrected chi connectivity index (χ1v) is 10.7. The highest BCUT2D eigenvalue weighted by molar-refractivity contribution is 5.98. The van der Waals surface area contributed by atoms with Crippen molar-refractivity contribution in [2.75, 3.05) is 26.8 Å². The molecule has 1 fully saturated rings. The predicted molar refractivity (Wildman–Crippen MR) is 117 cm³/mol. The van der Waals surface area contributed by atoms with E-state index in [-0.39, 0.29) is 11.9 Å². The first-order chi connectivity index (χ1) is 15.0. The Balaban J connectivity index is 1.70. The van der Waals surface area contributed by atoms with Gasteiger partial charge in [-0.15, -0.1) is 0 Å². The molecule has 1 aliphatic heterocycles. The van der Waals surface area contributed by atoms with Crippen molar-refractivity contribution in [1.29, 1.82) is 0 Å². The van der Waals surface area contributed by atoms with Crippen molar-refractivity contribution in [3.8, 4) is 0 Å². The van der Waals surface area contributed by atoms with E-state index in [0.717, 1.165) is 6.42 Å². The number of likely N-dealkylation sites (tertiary alicyclic amines) is 1. The minimum absolute atomic E-state index is 0.147. The quantitative estimate of drug-likeness (QED) is 0.632. The highest BCUT2D eigenvalue weighted by Crippen LogP contribution is 2.38. The number of carbonyl (C=O) groups is 3. The Hall–Kier alpha value is -3.15. The lowest BCUT2D eigenvalue weighted by molar-refractivity contribution is -0.158. The molecule has 2 aromatic rings. The Labute approximate surface area is 183 Å². The van der Waals surface area contributed by atoms with Crippen molar-refractivity contribution >= 4 is 17.8 Å². The zero-order chi connectivity index (χ0) is 22.3. The van der Waals surface area contributed by atoms with Crippen LogP contribution in [0.5, 0.6) is 0 Å². The zero-order valence-corrected chi connectivity index (χ0v) is 18.1. The van der Waals surface area contributed by atoms with E-state index in [4.69, 9.17) is 9.47 Å². The average molecular weight is 424 g/mol. The van der Waals surface area contributed by atoms with Crippen LogP contribution in [0, 0.1) is 5.41 Å². The SMILES string of the molecule is CCOC(=O)C1(CCc2ccccc2)CCN(C(=O)c2cccc(C(=O)OC)c2)CC1. The molecule has 0 aliphatic carbocycles. The molecule has 1 aliphatic rings. The molecule has 6 heteroatoms. The van der Waals surface area contributed by atoms with Gasteiger partial charge in [0.25, 0.3) is 5.91 Å². The molecule has 0 bridgehead atoms. The molecule has 2 aromatic carbocycles. The molecule has 1 saturated heterocycles. The summed E-state index contributed by atoms with van der Waals surface area (Å²) in [6.07, 6.45) is 2.59. The monoisotopic (exact) mass is 423 g/mol. The third kappa shape index (κ3) is 5.32. The second-order valence-electron chi connectivity index (χ2n) is 7.85. The first kappa shape index (κ1) is 22.5. The summed E-state index contributed by atoms with van der Waals surface area (Å²) in [6.45, 7) is 3.09. The molecule has 0 spiro atoms. The molecular formula is C25H29NO5. The molecule has 0 saturated carbocycles. The molecular weight excluding hydrogens is 394 g/mol. The summed E-state index contributed by atoms with van der Waals surface area (Å²) < 4.78 is 10.2. The minimum atomic E-state index is -0.587. The number of amides is 1. The lowest BCUT2D eigenvalue weighted by Crippen LogP contribution is -2.47. The third-order valence-corrected chi connectivity index (χ3v) is 5.98. The Kier molecular flexibility index (Phi) is 7.45. The molecule has 31 heavy (non-hydrogen) atoms. The maximum Gasteiger partial charge on any atom is 0.337 e. The fraction of sp³-hybridized carbons (Fsp3) is 0.400. The van der Waals surface area contributed by atoms with Crippen LogP contribution in [0.25, 0.3) is 0 Å². The van der Waals surface area contributed by atoms with Crippen LogP contribution in [0.4, 0.5) is 0 Å². The Morgan fingerprint density at radius 3 is 2.29 bits per heavy atom. The van der Waals surface area contributed by atoms with Crippen molar-refractivity contribution in [2.45, 2.75) is 32.6 Å². The van der Waals surface area contributed by atoms with Gasteiger partial charge in [0.2, 0.25) is 0 Å². The fourth-order valence-corrected chi connectivity index (χ4v) is 4.09. The molecule has 164 valence electrons. The summed E-state index contributed by atoms with van der Waals surface area (Å²) in [5.41, 5.74) is 1.38. The van der Waals surface area contributed by atoms with Crippen LogP contribution in [-0.4, -0.2) is 49.6 Å². The van der Waals surface area contributed by atoms with E-state index >= 15 is 0 Å². The molecule has 0 atom stereocenters. The number of ether oxygens (including phenoxy) is 2. The fourth-order valence-electron chi connectivity index (χ4n) is 4.09. The van der Waals surface area contributed by atoms with Crippen LogP contribution in [0.3, 0.4) is 0 Å². The standard InChI is InChI=1S/C25H29NO5/c1-3-31-24(29)25(13-12-19-8-5-4-6-9-19)14-16-26(17-15-25)22(27)20-10-7-11-21(18-20)23(28)30-2/h4-11,18H,3,12-17H2,1-2H3. The molecule has 1 heterocycles. The normalized spacial score (nSPS) is 15.2. The predicted octanol–water partition coefficient (Wildman–Crippen LogP) is 3.89. The number of hydrogen-bond donors (Lipinski definition) is 0. The van der Waals surface area contributed by atoms with Gasteiger partial charge in [-0.1, -0.05) is 36.4 Å². The van der Waals surface area contributed by atoms with Gasteiger partial charge in [0, 0.05) is 18.7 Å². The van der Waals surface area contributed by atoms with Crippen LogP contribution in [0.1, 0.15) is 52.5 Å². The first-order valence-electron chi connectivity index (χ1n) is 10.7. The van der Waals surface area contributed by atoms with E-state index in [9.17, 15) is 14.4 Å². The number of benzene rings is 2. The number of aryl methyl sites for hydroxylation is 1. The van der Waals surface area contributed by atoms with Gasteiger partial charge in [-0.25, -0.2) is 4.79 Å². The van der Waals surface area contributed by atoms with Gasteiger partial charge in [-0.05, 0) is 56.4 Å². The average Bonchev–Trinajstić information content (AvgIpc) is 2.83. The third-order valence-electron chi connectivity index (χ3n) is 5.98. The van der Waals surface area contributed by atoms with Gasteiger partial charge < -0.3 is 14.4 Å². The van der Waals surface area contributed by atoms with Crippen molar-refractivity contribution in [1.82, 2.24) is 4.90 Å². The number of methoxy groups -OCH3 is 1. The lowest BCUT2D eigenvalue weighted by atomic mass is 9.74. The second-order valence-corrected chi connectivity index (χ2v) is 7.85. The topological polar surface area (TPSA) is 72.9 Å². The Morgan fingerprint density at radius 2 is 1.65 bits per heavy atom. The van der Waals surface area contributed by atoms with E-state index in [0.29, 0.717) is 50.1 Å². The van der Waals surface area contributed by atoms with Crippen LogP contribution in [0.15, 0.2) is 54.6 Å².